The van der Waals surface area contributed by atoms with Gasteiger partial charge in [0.15, 0.2) is 0 Å². The summed E-state index contributed by atoms with van der Waals surface area (Å²) >= 11 is 0. The molecule has 10 heavy (non-hydrogen) atoms. The van der Waals surface area contributed by atoms with Crippen molar-refractivity contribution in [2.75, 3.05) is 36.5 Å². The van der Waals surface area contributed by atoms with Crippen LogP contribution in [0.1, 0.15) is 0 Å². The first-order valence-electron chi connectivity index (χ1n) is 3.36. The molecular weight excluding hydrogens is 160 g/mol. The van der Waals surface area contributed by atoms with Crippen LogP contribution in [0.4, 0.5) is 0 Å². The Kier molecular flexibility index (Phi) is 6.44. The minimum absolute atomic E-state index is 0.586. The highest BCUT2D eigenvalue weighted by molar-refractivity contribution is 7.96. The Morgan fingerprint density at radius 1 is 0.800 bits per heavy atom. The van der Waals surface area contributed by atoms with Crippen LogP contribution < -0.4 is 0 Å². The molecule has 0 aromatic rings. The van der Waals surface area contributed by atoms with Crippen LogP contribution in [0.5, 0.6) is 0 Å². The van der Waals surface area contributed by atoms with Gasteiger partial charge in [-0.3, -0.25) is 0 Å². The summed E-state index contributed by atoms with van der Waals surface area (Å²) in [4.78, 5) is 0. The van der Waals surface area contributed by atoms with Crippen LogP contribution in [0.15, 0.2) is 12.2 Å². The molecule has 0 amide bonds. The van der Waals surface area contributed by atoms with Gasteiger partial charge < -0.3 is 0 Å². The Balaban J connectivity index is 3.20. The standard InChI is InChI=1S/C8H18S2/c1-9(2)7-5-6-8-10(3)4/h5-6H,7-8H2,1-4H3/q+2/b6-5+. The van der Waals surface area contributed by atoms with Crippen LogP contribution in [-0.2, 0) is 21.8 Å². The molecule has 0 fully saturated rings. The number of hydrogen-bond acceptors (Lipinski definition) is 0. The largest absolute Gasteiger partial charge is 0.125 e. The van der Waals surface area contributed by atoms with Crippen molar-refractivity contribution in [1.82, 2.24) is 0 Å². The van der Waals surface area contributed by atoms with E-state index in [-0.39, 0.29) is 0 Å². The Morgan fingerprint density at radius 3 is 1.30 bits per heavy atom. The first-order valence-corrected chi connectivity index (χ1v) is 7.78. The lowest BCUT2D eigenvalue weighted by Gasteiger charge is -1.89. The molecule has 0 bridgehead atoms. The van der Waals surface area contributed by atoms with Crippen molar-refractivity contribution >= 4 is 21.8 Å². The third-order valence-electron chi connectivity index (χ3n) is 1.03. The molecule has 2 heteroatoms. The lowest BCUT2D eigenvalue weighted by molar-refractivity contribution is 1.64. The fourth-order valence-corrected chi connectivity index (χ4v) is 1.56. The van der Waals surface area contributed by atoms with Gasteiger partial charge in [-0.15, -0.1) is 0 Å². The molecule has 0 heterocycles. The molecular formula is C8H18S2+2. The summed E-state index contributed by atoms with van der Waals surface area (Å²) in [5.74, 6) is 2.52. The zero-order valence-corrected chi connectivity index (χ0v) is 9.02. The maximum Gasteiger partial charge on any atom is 0.125 e. The quantitative estimate of drug-likeness (QED) is 0.450. The van der Waals surface area contributed by atoms with Gasteiger partial charge in [-0.2, -0.15) is 0 Å². The van der Waals surface area contributed by atoms with Crippen LogP contribution in [0.25, 0.3) is 0 Å². The van der Waals surface area contributed by atoms with Gasteiger partial charge >= 0.3 is 0 Å². The first kappa shape index (κ1) is 10.4. The van der Waals surface area contributed by atoms with E-state index in [0.717, 1.165) is 0 Å². The van der Waals surface area contributed by atoms with Gasteiger partial charge in [0.25, 0.3) is 0 Å². The second kappa shape index (κ2) is 6.17. The van der Waals surface area contributed by atoms with Gasteiger partial charge in [-0.25, -0.2) is 0 Å². The van der Waals surface area contributed by atoms with Crippen LogP contribution in [0.3, 0.4) is 0 Å². The van der Waals surface area contributed by atoms with Gasteiger partial charge in [0.2, 0.25) is 0 Å². The Morgan fingerprint density at radius 2 is 1.10 bits per heavy atom. The van der Waals surface area contributed by atoms with E-state index in [0.29, 0.717) is 21.8 Å². The molecule has 0 unspecified atom stereocenters. The van der Waals surface area contributed by atoms with Crippen LogP contribution in [-0.4, -0.2) is 36.5 Å². The van der Waals surface area contributed by atoms with Gasteiger partial charge in [0.05, 0.1) is 25.0 Å². The van der Waals surface area contributed by atoms with Gasteiger partial charge in [0, 0.05) is 0 Å². The molecule has 0 aliphatic rings. The molecule has 0 rings (SSSR count). The van der Waals surface area contributed by atoms with E-state index >= 15 is 0 Å². The lowest BCUT2D eigenvalue weighted by atomic mass is 10.6. The predicted molar refractivity (Wildman–Crippen MR) is 57.3 cm³/mol. The maximum absolute atomic E-state index is 2.32. The molecule has 0 spiro atoms. The average Bonchev–Trinajstić information content (AvgIpc) is 1.79. The minimum atomic E-state index is 0.586. The second-order valence-electron chi connectivity index (χ2n) is 2.78. The van der Waals surface area contributed by atoms with E-state index in [4.69, 9.17) is 0 Å². The summed E-state index contributed by atoms with van der Waals surface area (Å²) in [5, 5.41) is 0. The molecule has 0 N–H and O–H groups in total. The third-order valence-corrected chi connectivity index (χ3v) is 2.74. The van der Waals surface area contributed by atoms with E-state index in [1.807, 2.05) is 0 Å². The van der Waals surface area contributed by atoms with Crippen molar-refractivity contribution in [1.29, 1.82) is 0 Å². The molecule has 0 aromatic heterocycles. The van der Waals surface area contributed by atoms with Crippen LogP contribution in [0, 0.1) is 0 Å². The van der Waals surface area contributed by atoms with E-state index in [1.165, 1.54) is 11.5 Å². The third kappa shape index (κ3) is 8.44. The van der Waals surface area contributed by atoms with Crippen molar-refractivity contribution in [3.05, 3.63) is 12.2 Å². The average molecular weight is 178 g/mol. The number of hydrogen-bond donors (Lipinski definition) is 0. The highest BCUT2D eigenvalue weighted by atomic mass is 32.2. The van der Waals surface area contributed by atoms with Crippen molar-refractivity contribution in [2.24, 2.45) is 0 Å². The Hall–Kier alpha value is 0.440. The summed E-state index contributed by atoms with van der Waals surface area (Å²) in [5.41, 5.74) is 0. The molecule has 0 aliphatic heterocycles. The van der Waals surface area contributed by atoms with Gasteiger partial charge in [0.1, 0.15) is 11.5 Å². The summed E-state index contributed by atoms with van der Waals surface area (Å²) in [6, 6.07) is 0. The van der Waals surface area contributed by atoms with Crippen molar-refractivity contribution in [3.63, 3.8) is 0 Å². The monoisotopic (exact) mass is 178 g/mol. The summed E-state index contributed by atoms with van der Waals surface area (Å²) < 4.78 is 0. The molecule has 0 saturated carbocycles. The predicted octanol–water partition coefficient (Wildman–Crippen LogP) is 1.30. The van der Waals surface area contributed by atoms with E-state index in [1.54, 1.807) is 0 Å². The maximum atomic E-state index is 2.32. The highest BCUT2D eigenvalue weighted by Gasteiger charge is 1.98. The van der Waals surface area contributed by atoms with E-state index in [2.05, 4.69) is 37.2 Å². The number of rotatable bonds is 4. The SMILES string of the molecule is C[S+](C)C/C=C/C[S+](C)C. The summed E-state index contributed by atoms with van der Waals surface area (Å²) in [7, 11) is 1.17. The lowest BCUT2D eigenvalue weighted by Crippen LogP contribution is -2.01. The molecule has 0 atom stereocenters. The Labute approximate surface area is 70.8 Å². The zero-order valence-electron chi connectivity index (χ0n) is 7.39. The van der Waals surface area contributed by atoms with Crippen LogP contribution in [0.2, 0.25) is 0 Å². The zero-order chi connectivity index (χ0) is 7.98. The summed E-state index contributed by atoms with van der Waals surface area (Å²) in [6.45, 7) is 0. The fraction of sp³-hybridized carbons (Fsp3) is 0.750. The molecule has 0 aliphatic carbocycles. The molecule has 60 valence electrons. The molecule has 0 saturated heterocycles. The molecule has 0 radical (unpaired) electrons. The molecule has 0 nitrogen and oxygen atoms in total. The van der Waals surface area contributed by atoms with E-state index in [9.17, 15) is 0 Å². The second-order valence-corrected chi connectivity index (χ2v) is 7.38. The molecule has 0 aromatic carbocycles. The van der Waals surface area contributed by atoms with Crippen molar-refractivity contribution in [2.45, 2.75) is 0 Å². The summed E-state index contributed by atoms with van der Waals surface area (Å²) in [6.07, 6.45) is 13.8. The normalized spacial score (nSPS) is 12.2. The van der Waals surface area contributed by atoms with Gasteiger partial charge in [-0.1, -0.05) is 0 Å². The minimum Gasteiger partial charge on any atom is -0.0350 e. The van der Waals surface area contributed by atoms with Crippen molar-refractivity contribution in [3.8, 4) is 0 Å². The first-order chi connectivity index (χ1) is 4.63. The van der Waals surface area contributed by atoms with Gasteiger partial charge in [-0.05, 0) is 33.9 Å². The van der Waals surface area contributed by atoms with Crippen LogP contribution >= 0.6 is 0 Å². The van der Waals surface area contributed by atoms with Crippen molar-refractivity contribution < 1.29 is 0 Å². The highest BCUT2D eigenvalue weighted by Crippen LogP contribution is 1.88. The van der Waals surface area contributed by atoms with E-state index < -0.39 is 0 Å². The topological polar surface area (TPSA) is 0 Å². The fourth-order valence-electron chi connectivity index (χ4n) is 0.521. The smallest absolute Gasteiger partial charge is 0.0350 e. The Bertz CT molecular complexity index is 83.4.